The third-order valence-electron chi connectivity index (χ3n) is 5.24. The number of ether oxygens (including phenoxy) is 2. The molecule has 1 aliphatic heterocycles. The lowest BCUT2D eigenvalue weighted by atomic mass is 10.0. The number of hydrogen-bond donors (Lipinski definition) is 1. The Balaban J connectivity index is 1.33. The summed E-state index contributed by atoms with van der Waals surface area (Å²) in [6.07, 6.45) is 4.81. The van der Waals surface area contributed by atoms with Crippen LogP contribution in [-0.2, 0) is 12.0 Å². The van der Waals surface area contributed by atoms with Crippen molar-refractivity contribution >= 4 is 16.5 Å². The van der Waals surface area contributed by atoms with E-state index in [0.717, 1.165) is 51.9 Å². The topological polar surface area (TPSA) is 43.4 Å². The maximum Gasteiger partial charge on any atom is 0.231 e. The molecule has 0 unspecified atom stereocenters. The lowest BCUT2D eigenvalue weighted by Gasteiger charge is -2.17. The molecule has 2 aromatic carbocycles. The minimum Gasteiger partial charge on any atom is -0.454 e. The van der Waals surface area contributed by atoms with Gasteiger partial charge in [-0.3, -0.25) is 0 Å². The number of thiazole rings is 1. The molecule has 1 aliphatic carbocycles. The fourth-order valence-electron chi connectivity index (χ4n) is 3.50. The van der Waals surface area contributed by atoms with E-state index >= 15 is 0 Å². The predicted octanol–water partition coefficient (Wildman–Crippen LogP) is 5.01. The smallest absolute Gasteiger partial charge is 0.231 e. The van der Waals surface area contributed by atoms with E-state index < -0.39 is 0 Å². The average molecular weight is 382 g/mol. The van der Waals surface area contributed by atoms with Crippen LogP contribution in [0.25, 0.3) is 0 Å². The second kappa shape index (κ2) is 6.23. The molecule has 0 radical (unpaired) electrons. The molecule has 0 atom stereocenters. The monoisotopic (exact) mass is 382 g/mol. The van der Waals surface area contributed by atoms with Crippen LogP contribution in [-0.4, -0.2) is 11.8 Å². The number of rotatable bonds is 5. The van der Waals surface area contributed by atoms with Gasteiger partial charge in [0, 0.05) is 17.5 Å². The van der Waals surface area contributed by atoms with E-state index in [1.54, 1.807) is 17.4 Å². The van der Waals surface area contributed by atoms with Crippen LogP contribution >= 0.6 is 11.3 Å². The molecule has 0 amide bonds. The minimum absolute atomic E-state index is 0.0676. The maximum atomic E-state index is 13.3. The zero-order valence-electron chi connectivity index (χ0n) is 14.9. The van der Waals surface area contributed by atoms with Crippen molar-refractivity contribution in [3.05, 3.63) is 70.0 Å². The molecule has 0 bridgehead atoms. The first-order valence-electron chi connectivity index (χ1n) is 8.99. The predicted molar refractivity (Wildman–Crippen MR) is 103 cm³/mol. The van der Waals surface area contributed by atoms with Gasteiger partial charge < -0.3 is 14.8 Å². The molecule has 3 aromatic rings. The molecule has 27 heavy (non-hydrogen) atoms. The van der Waals surface area contributed by atoms with Crippen LogP contribution in [0.1, 0.15) is 34.4 Å². The largest absolute Gasteiger partial charge is 0.454 e. The van der Waals surface area contributed by atoms with Crippen LogP contribution in [0.3, 0.4) is 0 Å². The average Bonchev–Trinajstić information content (AvgIpc) is 3.07. The van der Waals surface area contributed by atoms with Crippen LogP contribution in [0.5, 0.6) is 11.5 Å². The molecule has 4 nitrogen and oxygen atoms in total. The molecular formula is C21H19FN2O2S. The molecule has 6 heteroatoms. The molecule has 2 aliphatic rings. The fourth-order valence-corrected chi connectivity index (χ4v) is 4.44. The molecule has 138 valence electrons. The zero-order valence-corrected chi connectivity index (χ0v) is 15.7. The van der Waals surface area contributed by atoms with Gasteiger partial charge in [0.25, 0.3) is 0 Å². The van der Waals surface area contributed by atoms with Crippen molar-refractivity contribution in [3.8, 4) is 11.5 Å². The molecular weight excluding hydrogens is 363 g/mol. The summed E-state index contributed by atoms with van der Waals surface area (Å²) in [5.74, 6) is 1.43. The van der Waals surface area contributed by atoms with Crippen LogP contribution in [0.2, 0.25) is 0 Å². The molecule has 1 fully saturated rings. The molecule has 2 heterocycles. The zero-order chi connectivity index (χ0) is 18.4. The summed E-state index contributed by atoms with van der Waals surface area (Å²) in [6, 6.07) is 11.1. The Labute approximate surface area is 161 Å². The number of benzene rings is 2. The van der Waals surface area contributed by atoms with E-state index in [9.17, 15) is 4.39 Å². The van der Waals surface area contributed by atoms with Gasteiger partial charge in [-0.15, -0.1) is 11.3 Å². The normalized spacial score (nSPS) is 16.4. The van der Waals surface area contributed by atoms with Crippen molar-refractivity contribution in [1.82, 2.24) is 4.98 Å². The van der Waals surface area contributed by atoms with Gasteiger partial charge in [0.05, 0.1) is 5.54 Å². The molecule has 1 saturated carbocycles. The highest BCUT2D eigenvalue weighted by molar-refractivity contribution is 7.15. The second-order valence-electron chi connectivity index (χ2n) is 7.15. The van der Waals surface area contributed by atoms with Gasteiger partial charge in [-0.05, 0) is 60.7 Å². The number of halogens is 1. The highest BCUT2D eigenvalue weighted by atomic mass is 32.1. The summed E-state index contributed by atoms with van der Waals surface area (Å²) in [5, 5.41) is 4.53. The molecule has 0 spiro atoms. The highest BCUT2D eigenvalue weighted by Gasteiger charge is 2.45. The van der Waals surface area contributed by atoms with Crippen LogP contribution in [0.15, 0.2) is 42.6 Å². The number of aromatic nitrogens is 1. The van der Waals surface area contributed by atoms with E-state index in [4.69, 9.17) is 9.47 Å². The lowest BCUT2D eigenvalue weighted by molar-refractivity contribution is 0.174. The summed E-state index contributed by atoms with van der Waals surface area (Å²) >= 11 is 1.66. The van der Waals surface area contributed by atoms with E-state index in [0.29, 0.717) is 0 Å². The van der Waals surface area contributed by atoms with E-state index in [-0.39, 0.29) is 18.1 Å². The van der Waals surface area contributed by atoms with E-state index in [1.807, 2.05) is 25.3 Å². The third kappa shape index (κ3) is 3.14. The Hall–Kier alpha value is -2.60. The van der Waals surface area contributed by atoms with Gasteiger partial charge in [-0.2, -0.15) is 0 Å². The second-order valence-corrected chi connectivity index (χ2v) is 8.27. The van der Waals surface area contributed by atoms with Crippen molar-refractivity contribution < 1.29 is 13.9 Å². The summed E-state index contributed by atoms with van der Waals surface area (Å²) < 4.78 is 24.2. The van der Waals surface area contributed by atoms with Crippen LogP contribution in [0, 0.1) is 12.7 Å². The summed E-state index contributed by atoms with van der Waals surface area (Å²) in [7, 11) is 0. The molecule has 5 rings (SSSR count). The molecule has 1 N–H and O–H groups in total. The van der Waals surface area contributed by atoms with Crippen LogP contribution in [0.4, 0.5) is 9.52 Å². The van der Waals surface area contributed by atoms with Gasteiger partial charge in [0.1, 0.15) is 5.82 Å². The maximum absolute atomic E-state index is 13.3. The van der Waals surface area contributed by atoms with Crippen LogP contribution < -0.4 is 14.8 Å². The first kappa shape index (κ1) is 16.6. The Bertz CT molecular complexity index is 1010. The van der Waals surface area contributed by atoms with Gasteiger partial charge in [0.15, 0.2) is 16.6 Å². The summed E-state index contributed by atoms with van der Waals surface area (Å²) in [4.78, 5) is 5.72. The van der Waals surface area contributed by atoms with Crippen molar-refractivity contribution in [2.24, 2.45) is 0 Å². The van der Waals surface area contributed by atoms with Crippen molar-refractivity contribution in [3.63, 3.8) is 0 Å². The first-order valence-corrected chi connectivity index (χ1v) is 9.81. The Morgan fingerprint density at radius 3 is 2.81 bits per heavy atom. The van der Waals surface area contributed by atoms with Gasteiger partial charge in [-0.25, -0.2) is 9.37 Å². The number of aryl methyl sites for hydroxylation is 1. The fraction of sp³-hybridized carbons (Fsp3) is 0.286. The number of fused-ring (bicyclic) bond motifs is 1. The van der Waals surface area contributed by atoms with Crippen molar-refractivity contribution in [1.29, 1.82) is 0 Å². The Kier molecular flexibility index (Phi) is 3.82. The summed E-state index contributed by atoms with van der Waals surface area (Å²) in [5.41, 5.74) is 3.24. The van der Waals surface area contributed by atoms with Crippen molar-refractivity contribution in [2.45, 2.75) is 31.7 Å². The lowest BCUT2D eigenvalue weighted by Crippen LogP contribution is -2.18. The Morgan fingerprint density at radius 1 is 1.15 bits per heavy atom. The number of hydrogen-bond acceptors (Lipinski definition) is 5. The van der Waals surface area contributed by atoms with Gasteiger partial charge in [0.2, 0.25) is 6.79 Å². The standard InChI is InChI=1S/C21H19FN2O2S/c1-13-8-16(22)4-2-14(13)9-17-11-23-20(27-17)24-21(6-7-21)15-3-5-18-19(10-15)26-12-25-18/h2-5,8,10-11H,6-7,9,12H2,1H3,(H,23,24). The number of anilines is 1. The van der Waals surface area contributed by atoms with E-state index in [1.165, 1.54) is 11.6 Å². The SMILES string of the molecule is Cc1cc(F)ccc1Cc1cnc(NC2(c3ccc4c(c3)OCO4)CC2)s1. The highest BCUT2D eigenvalue weighted by Crippen LogP contribution is 2.50. The molecule has 1 aromatic heterocycles. The quantitative estimate of drug-likeness (QED) is 0.674. The third-order valence-corrected chi connectivity index (χ3v) is 6.16. The number of nitrogens with zero attached hydrogens (tertiary/aromatic N) is 1. The molecule has 0 saturated heterocycles. The Morgan fingerprint density at radius 2 is 2.00 bits per heavy atom. The first-order chi connectivity index (χ1) is 13.1. The van der Waals surface area contributed by atoms with E-state index in [2.05, 4.69) is 22.4 Å². The summed E-state index contributed by atoms with van der Waals surface area (Å²) in [6.45, 7) is 2.23. The minimum atomic E-state index is -0.192. The number of nitrogens with one attached hydrogen (secondary N) is 1. The van der Waals surface area contributed by atoms with Crippen molar-refractivity contribution in [2.75, 3.05) is 12.1 Å². The van der Waals surface area contributed by atoms with Gasteiger partial charge >= 0.3 is 0 Å². The van der Waals surface area contributed by atoms with Gasteiger partial charge in [-0.1, -0.05) is 12.1 Å².